The number of nitrogens with two attached hydrogens (primary N) is 1. The Hall–Kier alpha value is -1.66. The van der Waals surface area contributed by atoms with Crippen molar-refractivity contribution in [2.45, 2.75) is 12.8 Å². The summed E-state index contributed by atoms with van der Waals surface area (Å²) in [5, 5.41) is 3.00. The van der Waals surface area contributed by atoms with Gasteiger partial charge in [-0.15, -0.1) is 0 Å². The fraction of sp³-hybridized carbons (Fsp3) is 0.462. The number of pyridine rings is 1. The van der Waals surface area contributed by atoms with Crippen LogP contribution in [0.15, 0.2) is 18.3 Å². The molecule has 20 heavy (non-hydrogen) atoms. The Balaban J connectivity index is 1.88. The fourth-order valence-electron chi connectivity index (χ4n) is 2.46. The van der Waals surface area contributed by atoms with Crippen molar-refractivity contribution in [1.82, 2.24) is 4.98 Å². The van der Waals surface area contributed by atoms with Crippen molar-refractivity contribution in [3.05, 3.63) is 23.5 Å². The third kappa shape index (κ3) is 3.91. The molecular formula is C13H18ClN4O2+. The van der Waals surface area contributed by atoms with E-state index in [4.69, 9.17) is 17.3 Å². The maximum Gasteiger partial charge on any atom is 0.279 e. The summed E-state index contributed by atoms with van der Waals surface area (Å²) in [5.74, 6) is -0.550. The Morgan fingerprint density at radius 3 is 3.05 bits per heavy atom. The lowest BCUT2D eigenvalue weighted by atomic mass is 9.97. The van der Waals surface area contributed by atoms with Gasteiger partial charge in [0.15, 0.2) is 11.7 Å². The summed E-state index contributed by atoms with van der Waals surface area (Å²) >= 11 is 5.88. The van der Waals surface area contributed by atoms with Crippen molar-refractivity contribution in [2.24, 2.45) is 11.7 Å². The second-order valence-electron chi connectivity index (χ2n) is 5.01. The lowest BCUT2D eigenvalue weighted by Gasteiger charge is -2.27. The molecule has 0 aliphatic carbocycles. The normalized spacial score (nSPS) is 22.2. The van der Waals surface area contributed by atoms with Crippen LogP contribution in [0.5, 0.6) is 0 Å². The highest BCUT2D eigenvalue weighted by Crippen LogP contribution is 2.16. The van der Waals surface area contributed by atoms with Gasteiger partial charge in [0.25, 0.3) is 5.91 Å². The Morgan fingerprint density at radius 1 is 1.55 bits per heavy atom. The maximum absolute atomic E-state index is 12.0. The molecule has 2 rings (SSSR count). The Morgan fingerprint density at radius 2 is 2.35 bits per heavy atom. The van der Waals surface area contributed by atoms with Crippen LogP contribution < -0.4 is 16.0 Å². The summed E-state index contributed by atoms with van der Waals surface area (Å²) < 4.78 is 0. The first-order chi connectivity index (χ1) is 9.56. The molecule has 1 aromatic heterocycles. The standard InChI is InChI=1S/C13H17ClN4O2/c14-12-10(4-1-5-16-12)17-11(19)8-18-6-2-3-9(7-18)13(15)20/h1,4-5,9H,2-3,6-8H2,(H2,15,20)(H,17,19)/p+1/t9-/m1/s1. The van der Waals surface area contributed by atoms with Gasteiger partial charge in [0.2, 0.25) is 5.91 Å². The van der Waals surface area contributed by atoms with Gasteiger partial charge >= 0.3 is 0 Å². The zero-order chi connectivity index (χ0) is 14.5. The third-order valence-electron chi connectivity index (χ3n) is 3.46. The van der Waals surface area contributed by atoms with Crippen LogP contribution in [-0.2, 0) is 9.59 Å². The number of aromatic nitrogens is 1. The van der Waals surface area contributed by atoms with Gasteiger partial charge in [-0.2, -0.15) is 0 Å². The Labute approximate surface area is 122 Å². The van der Waals surface area contributed by atoms with E-state index in [0.717, 1.165) is 24.3 Å². The van der Waals surface area contributed by atoms with Crippen LogP contribution in [0.2, 0.25) is 5.15 Å². The lowest BCUT2D eigenvalue weighted by Crippen LogP contribution is -3.14. The molecule has 1 aliphatic rings. The van der Waals surface area contributed by atoms with Gasteiger partial charge in [-0.25, -0.2) is 4.98 Å². The largest absolute Gasteiger partial charge is 0.369 e. The number of carbonyl (C=O) groups excluding carboxylic acids is 2. The average Bonchev–Trinajstić information content (AvgIpc) is 2.41. The van der Waals surface area contributed by atoms with Gasteiger partial charge in [-0.1, -0.05) is 11.6 Å². The van der Waals surface area contributed by atoms with Gasteiger partial charge in [0.05, 0.1) is 24.7 Å². The van der Waals surface area contributed by atoms with E-state index < -0.39 is 0 Å². The SMILES string of the molecule is NC(=O)[C@@H]1CCC[NH+](CC(=O)Nc2cccnc2Cl)C1. The van der Waals surface area contributed by atoms with Gasteiger partial charge in [-0.05, 0) is 25.0 Å². The maximum atomic E-state index is 12.0. The molecule has 0 radical (unpaired) electrons. The summed E-state index contributed by atoms with van der Waals surface area (Å²) in [4.78, 5) is 28.1. The molecule has 0 spiro atoms. The highest BCUT2D eigenvalue weighted by Gasteiger charge is 2.28. The van der Waals surface area contributed by atoms with Crippen LogP contribution in [-0.4, -0.2) is 36.4 Å². The number of hydrogen-bond acceptors (Lipinski definition) is 3. The van der Waals surface area contributed by atoms with Crippen LogP contribution in [0.25, 0.3) is 0 Å². The van der Waals surface area contributed by atoms with Gasteiger partial charge in [0.1, 0.15) is 0 Å². The summed E-state index contributed by atoms with van der Waals surface area (Å²) in [6.45, 7) is 1.79. The molecule has 1 fully saturated rings. The minimum Gasteiger partial charge on any atom is -0.369 e. The molecule has 1 unspecified atom stereocenters. The van der Waals surface area contributed by atoms with E-state index in [2.05, 4.69) is 10.3 Å². The number of nitrogens with one attached hydrogen (secondary N) is 2. The molecule has 1 saturated heterocycles. The number of nitrogens with zero attached hydrogens (tertiary/aromatic N) is 1. The van der Waals surface area contributed by atoms with Crippen molar-refractivity contribution in [1.29, 1.82) is 0 Å². The molecule has 6 nitrogen and oxygen atoms in total. The number of likely N-dealkylation sites (tertiary alicyclic amines) is 1. The number of primary amides is 1. The number of quaternary nitrogens is 1. The first-order valence-electron chi connectivity index (χ1n) is 6.59. The second-order valence-corrected chi connectivity index (χ2v) is 5.37. The molecule has 4 N–H and O–H groups in total. The van der Waals surface area contributed by atoms with Gasteiger partial charge in [-0.3, -0.25) is 9.59 Å². The van der Waals surface area contributed by atoms with Crippen LogP contribution in [0, 0.1) is 5.92 Å². The van der Waals surface area contributed by atoms with E-state index in [0.29, 0.717) is 18.8 Å². The highest BCUT2D eigenvalue weighted by molar-refractivity contribution is 6.32. The van der Waals surface area contributed by atoms with Crippen molar-refractivity contribution in [2.75, 3.05) is 25.0 Å². The first kappa shape index (κ1) is 14.7. The predicted molar refractivity (Wildman–Crippen MR) is 75.4 cm³/mol. The van der Waals surface area contributed by atoms with E-state index in [1.807, 2.05) is 0 Å². The summed E-state index contributed by atoms with van der Waals surface area (Å²) in [6.07, 6.45) is 3.28. The minimum atomic E-state index is -0.280. The molecule has 0 saturated carbocycles. The van der Waals surface area contributed by atoms with Crippen LogP contribution in [0.4, 0.5) is 5.69 Å². The van der Waals surface area contributed by atoms with E-state index in [1.165, 1.54) is 0 Å². The zero-order valence-electron chi connectivity index (χ0n) is 11.1. The Bertz CT molecular complexity index is 509. The van der Waals surface area contributed by atoms with Crippen molar-refractivity contribution in [3.8, 4) is 0 Å². The number of halogens is 1. The van der Waals surface area contributed by atoms with E-state index >= 15 is 0 Å². The highest BCUT2D eigenvalue weighted by atomic mass is 35.5. The quantitative estimate of drug-likeness (QED) is 0.652. The number of hydrogen-bond donors (Lipinski definition) is 3. The molecular weight excluding hydrogens is 280 g/mol. The minimum absolute atomic E-state index is 0.131. The molecule has 1 aromatic rings. The van der Waals surface area contributed by atoms with Crippen molar-refractivity contribution in [3.63, 3.8) is 0 Å². The van der Waals surface area contributed by atoms with E-state index in [9.17, 15) is 9.59 Å². The summed E-state index contributed by atoms with van der Waals surface area (Å²) in [6, 6.07) is 3.41. The fourth-order valence-corrected chi connectivity index (χ4v) is 2.62. The molecule has 7 heteroatoms. The number of carbonyl (C=O) groups is 2. The average molecular weight is 298 g/mol. The molecule has 2 amide bonds. The summed E-state index contributed by atoms with van der Waals surface area (Å²) in [5.41, 5.74) is 5.83. The number of rotatable bonds is 4. The van der Waals surface area contributed by atoms with Crippen LogP contribution in [0.3, 0.4) is 0 Å². The number of piperidine rings is 1. The Kier molecular flexibility index (Phi) is 4.92. The molecule has 0 aromatic carbocycles. The van der Waals surface area contributed by atoms with E-state index in [1.54, 1.807) is 18.3 Å². The number of amides is 2. The van der Waals surface area contributed by atoms with Gasteiger partial charge < -0.3 is 16.0 Å². The second kappa shape index (κ2) is 6.67. The molecule has 2 heterocycles. The number of anilines is 1. The van der Waals surface area contributed by atoms with Gasteiger partial charge in [0, 0.05) is 6.20 Å². The van der Waals surface area contributed by atoms with Crippen molar-refractivity contribution >= 4 is 29.1 Å². The predicted octanol–water partition coefficient (Wildman–Crippen LogP) is -0.546. The monoisotopic (exact) mass is 297 g/mol. The smallest absolute Gasteiger partial charge is 0.279 e. The molecule has 2 atom stereocenters. The summed E-state index contributed by atoms with van der Waals surface area (Å²) in [7, 11) is 0. The van der Waals surface area contributed by atoms with Crippen LogP contribution in [0.1, 0.15) is 12.8 Å². The van der Waals surface area contributed by atoms with Crippen LogP contribution >= 0.6 is 11.6 Å². The van der Waals surface area contributed by atoms with Crippen molar-refractivity contribution < 1.29 is 14.5 Å². The lowest BCUT2D eigenvalue weighted by molar-refractivity contribution is -0.899. The first-order valence-corrected chi connectivity index (χ1v) is 6.97. The topological polar surface area (TPSA) is 89.5 Å². The third-order valence-corrected chi connectivity index (χ3v) is 3.77. The molecule has 0 bridgehead atoms. The molecule has 1 aliphatic heterocycles. The van der Waals surface area contributed by atoms with E-state index in [-0.39, 0.29) is 22.9 Å². The zero-order valence-corrected chi connectivity index (χ0v) is 11.8. The molecule has 108 valence electrons.